The van der Waals surface area contributed by atoms with Gasteiger partial charge in [-0.3, -0.25) is 0 Å². The minimum atomic E-state index is 0.713. The fourth-order valence-corrected chi connectivity index (χ4v) is 3.31. The van der Waals surface area contributed by atoms with E-state index in [0.717, 1.165) is 26.5 Å². The highest BCUT2D eigenvalue weighted by atomic mass is 35.5. The topological polar surface area (TPSA) is 38.9 Å². The lowest BCUT2D eigenvalue weighted by molar-refractivity contribution is 1.33. The van der Waals surface area contributed by atoms with Crippen LogP contribution in [0, 0.1) is 13.8 Å². The van der Waals surface area contributed by atoms with E-state index in [1.165, 1.54) is 11.1 Å². The summed E-state index contributed by atoms with van der Waals surface area (Å²) in [6.45, 7) is 4.17. The maximum absolute atomic E-state index is 6.00. The summed E-state index contributed by atoms with van der Waals surface area (Å²) in [7, 11) is 0. The van der Waals surface area contributed by atoms with Crippen molar-refractivity contribution in [2.45, 2.75) is 13.8 Å². The Balaban J connectivity index is 2.24. The Labute approximate surface area is 120 Å². The third-order valence-electron chi connectivity index (χ3n) is 3.27. The van der Waals surface area contributed by atoms with Crippen molar-refractivity contribution in [1.82, 2.24) is 4.98 Å². The minimum absolute atomic E-state index is 0.713. The quantitative estimate of drug-likeness (QED) is 0.652. The van der Waals surface area contributed by atoms with E-state index >= 15 is 0 Å². The highest BCUT2D eigenvalue weighted by Gasteiger charge is 2.11. The van der Waals surface area contributed by atoms with Crippen LogP contribution in [0.15, 0.2) is 30.3 Å². The molecule has 0 aliphatic heterocycles. The molecule has 0 unspecified atom stereocenters. The first-order chi connectivity index (χ1) is 9.04. The molecule has 0 fully saturated rings. The largest absolute Gasteiger partial charge is 0.399 e. The molecule has 0 bridgehead atoms. The van der Waals surface area contributed by atoms with Crippen molar-refractivity contribution >= 4 is 38.8 Å². The molecule has 2 aromatic carbocycles. The number of nitrogens with two attached hydrogens (primary N) is 1. The number of hydrogen-bond donors (Lipinski definition) is 1. The molecule has 3 rings (SSSR count). The maximum Gasteiger partial charge on any atom is 0.124 e. The van der Waals surface area contributed by atoms with Crippen molar-refractivity contribution in [2.24, 2.45) is 0 Å². The van der Waals surface area contributed by atoms with E-state index in [1.54, 1.807) is 11.3 Å². The van der Waals surface area contributed by atoms with Gasteiger partial charge in [-0.05, 0) is 55.3 Å². The van der Waals surface area contributed by atoms with Crippen LogP contribution in [0.4, 0.5) is 5.69 Å². The molecule has 0 radical (unpaired) electrons. The van der Waals surface area contributed by atoms with Gasteiger partial charge in [0, 0.05) is 16.3 Å². The average molecular weight is 289 g/mol. The van der Waals surface area contributed by atoms with E-state index in [0.29, 0.717) is 5.02 Å². The van der Waals surface area contributed by atoms with Crippen LogP contribution in [0.5, 0.6) is 0 Å². The number of nitrogen functional groups attached to an aromatic ring is 1. The Hall–Kier alpha value is -1.58. The summed E-state index contributed by atoms with van der Waals surface area (Å²) in [6, 6.07) is 9.77. The van der Waals surface area contributed by atoms with Crippen molar-refractivity contribution in [3.63, 3.8) is 0 Å². The zero-order chi connectivity index (χ0) is 13.6. The molecule has 1 heterocycles. The molecule has 2 nitrogen and oxygen atoms in total. The molecular formula is C15H13ClN2S. The van der Waals surface area contributed by atoms with Crippen LogP contribution in [0.3, 0.4) is 0 Å². The number of aromatic nitrogens is 1. The first-order valence-electron chi connectivity index (χ1n) is 5.98. The van der Waals surface area contributed by atoms with E-state index in [1.807, 2.05) is 30.3 Å². The van der Waals surface area contributed by atoms with Crippen molar-refractivity contribution in [1.29, 1.82) is 0 Å². The number of fused-ring (bicyclic) bond motifs is 1. The van der Waals surface area contributed by atoms with Crippen molar-refractivity contribution in [3.8, 4) is 10.6 Å². The maximum atomic E-state index is 6.00. The van der Waals surface area contributed by atoms with Crippen LogP contribution in [0.25, 0.3) is 20.8 Å². The van der Waals surface area contributed by atoms with Gasteiger partial charge in [0.1, 0.15) is 5.01 Å². The number of aryl methyl sites for hydroxylation is 1. The number of nitrogens with zero attached hydrogens (tertiary/aromatic N) is 1. The van der Waals surface area contributed by atoms with Crippen LogP contribution >= 0.6 is 22.9 Å². The summed E-state index contributed by atoms with van der Waals surface area (Å²) in [5, 5.41) is 1.70. The Bertz CT molecular complexity index is 777. The Morgan fingerprint density at radius 1 is 1.16 bits per heavy atom. The SMILES string of the molecule is Cc1cc(N)cc(-c2nc3cc(Cl)ccc3s2)c1C. The van der Waals surface area contributed by atoms with Gasteiger partial charge in [-0.25, -0.2) is 4.98 Å². The second-order valence-corrected chi connectivity index (χ2v) is 6.11. The summed E-state index contributed by atoms with van der Waals surface area (Å²) in [5.41, 5.74) is 11.2. The van der Waals surface area contributed by atoms with Gasteiger partial charge >= 0.3 is 0 Å². The van der Waals surface area contributed by atoms with Crippen molar-refractivity contribution in [3.05, 3.63) is 46.5 Å². The van der Waals surface area contributed by atoms with E-state index < -0.39 is 0 Å². The molecule has 0 atom stereocenters. The monoisotopic (exact) mass is 288 g/mol. The zero-order valence-electron chi connectivity index (χ0n) is 10.7. The summed E-state index contributed by atoms with van der Waals surface area (Å²) in [5.74, 6) is 0. The van der Waals surface area contributed by atoms with Crippen LogP contribution < -0.4 is 5.73 Å². The predicted molar refractivity (Wildman–Crippen MR) is 84.0 cm³/mol. The predicted octanol–water partition coefficient (Wildman–Crippen LogP) is 4.82. The van der Waals surface area contributed by atoms with Gasteiger partial charge in [0.15, 0.2) is 0 Å². The standard InChI is InChI=1S/C15H13ClN2S/c1-8-5-11(17)7-12(9(8)2)15-18-13-6-10(16)3-4-14(13)19-15/h3-7H,17H2,1-2H3. The second-order valence-electron chi connectivity index (χ2n) is 4.64. The summed E-state index contributed by atoms with van der Waals surface area (Å²) in [4.78, 5) is 4.67. The second kappa shape index (κ2) is 4.51. The van der Waals surface area contributed by atoms with E-state index in [2.05, 4.69) is 18.8 Å². The van der Waals surface area contributed by atoms with Gasteiger partial charge in [0.05, 0.1) is 10.2 Å². The van der Waals surface area contributed by atoms with Crippen LogP contribution in [0.1, 0.15) is 11.1 Å². The van der Waals surface area contributed by atoms with E-state index in [4.69, 9.17) is 17.3 Å². The van der Waals surface area contributed by atoms with E-state index in [-0.39, 0.29) is 0 Å². The summed E-state index contributed by atoms with van der Waals surface area (Å²) in [6.07, 6.45) is 0. The van der Waals surface area contributed by atoms with Crippen molar-refractivity contribution < 1.29 is 0 Å². The first kappa shape index (κ1) is 12.5. The van der Waals surface area contributed by atoms with Gasteiger partial charge in [-0.15, -0.1) is 11.3 Å². The molecule has 0 aliphatic carbocycles. The molecule has 0 amide bonds. The Morgan fingerprint density at radius 3 is 2.74 bits per heavy atom. The van der Waals surface area contributed by atoms with E-state index in [9.17, 15) is 0 Å². The lowest BCUT2D eigenvalue weighted by Crippen LogP contribution is -1.92. The van der Waals surface area contributed by atoms with Gasteiger partial charge in [0.2, 0.25) is 0 Å². The lowest BCUT2D eigenvalue weighted by atomic mass is 10.0. The molecule has 0 aliphatic rings. The highest BCUT2D eigenvalue weighted by Crippen LogP contribution is 2.35. The zero-order valence-corrected chi connectivity index (χ0v) is 12.3. The number of rotatable bonds is 1. The molecule has 96 valence electrons. The molecule has 19 heavy (non-hydrogen) atoms. The highest BCUT2D eigenvalue weighted by molar-refractivity contribution is 7.21. The molecule has 0 saturated carbocycles. The molecule has 3 aromatic rings. The molecule has 4 heteroatoms. The molecule has 2 N–H and O–H groups in total. The first-order valence-corrected chi connectivity index (χ1v) is 7.17. The fraction of sp³-hybridized carbons (Fsp3) is 0.133. The molecule has 0 spiro atoms. The van der Waals surface area contributed by atoms with Crippen molar-refractivity contribution in [2.75, 3.05) is 5.73 Å². The van der Waals surface area contributed by atoms with Crippen LogP contribution in [-0.4, -0.2) is 4.98 Å². The number of anilines is 1. The van der Waals surface area contributed by atoms with Crippen LogP contribution in [-0.2, 0) is 0 Å². The number of hydrogen-bond acceptors (Lipinski definition) is 3. The minimum Gasteiger partial charge on any atom is -0.399 e. The third kappa shape index (κ3) is 2.20. The van der Waals surface area contributed by atoms with Crippen LogP contribution in [0.2, 0.25) is 5.02 Å². The Morgan fingerprint density at radius 2 is 1.95 bits per heavy atom. The molecular weight excluding hydrogens is 276 g/mol. The number of benzene rings is 2. The summed E-state index contributed by atoms with van der Waals surface area (Å²) < 4.78 is 1.14. The number of halogens is 1. The molecule has 0 saturated heterocycles. The number of thiazole rings is 1. The lowest BCUT2D eigenvalue weighted by Gasteiger charge is -2.07. The molecule has 1 aromatic heterocycles. The van der Waals surface area contributed by atoms with Gasteiger partial charge in [-0.1, -0.05) is 11.6 Å². The van der Waals surface area contributed by atoms with Gasteiger partial charge < -0.3 is 5.73 Å². The third-order valence-corrected chi connectivity index (χ3v) is 4.57. The fourth-order valence-electron chi connectivity index (χ4n) is 2.13. The Kier molecular flexibility index (Phi) is 2.96. The smallest absolute Gasteiger partial charge is 0.124 e. The van der Waals surface area contributed by atoms with Gasteiger partial charge in [-0.2, -0.15) is 0 Å². The normalized spacial score (nSPS) is 11.1. The average Bonchev–Trinajstić information content (AvgIpc) is 2.76. The summed E-state index contributed by atoms with van der Waals surface area (Å²) >= 11 is 7.67. The van der Waals surface area contributed by atoms with Gasteiger partial charge in [0.25, 0.3) is 0 Å².